The van der Waals surface area contributed by atoms with E-state index in [9.17, 15) is 0 Å². The van der Waals surface area contributed by atoms with E-state index in [0.29, 0.717) is 10.4 Å². The van der Waals surface area contributed by atoms with Crippen molar-refractivity contribution in [3.8, 4) is 0 Å². The molecule has 0 spiro atoms. The second-order valence-corrected chi connectivity index (χ2v) is 2.09. The van der Waals surface area contributed by atoms with Gasteiger partial charge in [-0.2, -0.15) is 0 Å². The number of aromatic nitrogens is 1. The summed E-state index contributed by atoms with van der Waals surface area (Å²) in [7, 11) is 0. The van der Waals surface area contributed by atoms with Crippen molar-refractivity contribution >= 4 is 15.9 Å². The van der Waals surface area contributed by atoms with Gasteiger partial charge in [0.25, 0.3) is 0 Å². The highest BCUT2D eigenvalue weighted by atomic mass is 79.9. The van der Waals surface area contributed by atoms with Crippen LogP contribution >= 0.6 is 15.9 Å². The standard InChI is InChI=1S/C4H4BrNO2/c5-4-1-3(2-7)8-6-4/h1,7H,2H2. The maximum absolute atomic E-state index is 8.40. The summed E-state index contributed by atoms with van der Waals surface area (Å²) in [6.45, 7) is -0.0986. The molecule has 0 unspecified atom stereocenters. The molecule has 0 atom stereocenters. The third kappa shape index (κ3) is 1.08. The van der Waals surface area contributed by atoms with Gasteiger partial charge in [-0.25, -0.2) is 0 Å². The number of rotatable bonds is 1. The highest BCUT2D eigenvalue weighted by Gasteiger charge is 1.96. The van der Waals surface area contributed by atoms with Gasteiger partial charge in [-0.1, -0.05) is 5.16 Å². The number of hydrogen-bond acceptors (Lipinski definition) is 3. The molecule has 1 N–H and O–H groups in total. The lowest BCUT2D eigenvalue weighted by molar-refractivity contribution is 0.228. The normalized spacial score (nSPS) is 9.75. The average molecular weight is 178 g/mol. The summed E-state index contributed by atoms with van der Waals surface area (Å²) in [6.07, 6.45) is 0. The third-order valence-corrected chi connectivity index (χ3v) is 1.06. The first-order valence-electron chi connectivity index (χ1n) is 2.05. The largest absolute Gasteiger partial charge is 0.388 e. The van der Waals surface area contributed by atoms with Gasteiger partial charge in [0.2, 0.25) is 0 Å². The predicted octanol–water partition coefficient (Wildman–Crippen LogP) is 0.929. The van der Waals surface area contributed by atoms with Gasteiger partial charge in [0.05, 0.1) is 0 Å². The smallest absolute Gasteiger partial charge is 0.163 e. The maximum Gasteiger partial charge on any atom is 0.163 e. The van der Waals surface area contributed by atoms with E-state index in [1.54, 1.807) is 6.07 Å². The Kier molecular flexibility index (Phi) is 1.65. The van der Waals surface area contributed by atoms with Gasteiger partial charge in [-0.15, -0.1) is 0 Å². The molecule has 8 heavy (non-hydrogen) atoms. The fourth-order valence-corrected chi connectivity index (χ4v) is 0.690. The van der Waals surface area contributed by atoms with E-state index in [1.165, 1.54) is 0 Å². The van der Waals surface area contributed by atoms with Crippen LogP contribution in [0.2, 0.25) is 0 Å². The quantitative estimate of drug-likeness (QED) is 0.695. The van der Waals surface area contributed by atoms with Crippen molar-refractivity contribution in [2.45, 2.75) is 6.61 Å². The van der Waals surface area contributed by atoms with Gasteiger partial charge in [-0.05, 0) is 15.9 Å². The van der Waals surface area contributed by atoms with Crippen LogP contribution in [-0.2, 0) is 6.61 Å². The van der Waals surface area contributed by atoms with Crippen LogP contribution in [0.1, 0.15) is 5.76 Å². The Morgan fingerprint density at radius 2 is 2.62 bits per heavy atom. The van der Waals surface area contributed by atoms with Gasteiger partial charge in [-0.3, -0.25) is 0 Å². The van der Waals surface area contributed by atoms with Gasteiger partial charge in [0.1, 0.15) is 11.2 Å². The number of nitrogens with zero attached hydrogens (tertiary/aromatic N) is 1. The van der Waals surface area contributed by atoms with Crippen LogP contribution < -0.4 is 0 Å². The molecule has 3 nitrogen and oxygen atoms in total. The third-order valence-electron chi connectivity index (χ3n) is 0.686. The summed E-state index contributed by atoms with van der Waals surface area (Å²) in [6, 6.07) is 1.61. The van der Waals surface area contributed by atoms with Crippen molar-refractivity contribution in [3.63, 3.8) is 0 Å². The predicted molar refractivity (Wildman–Crippen MR) is 30.1 cm³/mol. The molecule has 0 aliphatic rings. The topological polar surface area (TPSA) is 46.3 Å². The molecule has 1 aromatic rings. The Labute approximate surface area is 54.4 Å². The summed E-state index contributed by atoms with van der Waals surface area (Å²) in [5, 5.41) is 11.9. The minimum absolute atomic E-state index is 0.0986. The van der Waals surface area contributed by atoms with E-state index in [2.05, 4.69) is 25.6 Å². The lowest BCUT2D eigenvalue weighted by Crippen LogP contribution is -1.72. The molecule has 0 saturated heterocycles. The Balaban J connectivity index is 2.84. The van der Waals surface area contributed by atoms with Gasteiger partial charge >= 0.3 is 0 Å². The summed E-state index contributed by atoms with van der Waals surface area (Å²) >= 11 is 3.06. The molecule has 0 aliphatic carbocycles. The molecule has 0 aliphatic heterocycles. The van der Waals surface area contributed by atoms with Gasteiger partial charge < -0.3 is 9.63 Å². The molecule has 1 aromatic heterocycles. The van der Waals surface area contributed by atoms with Crippen LogP contribution in [0.5, 0.6) is 0 Å². The average Bonchev–Trinajstić information content (AvgIpc) is 2.14. The molecule has 0 aromatic carbocycles. The molecule has 44 valence electrons. The van der Waals surface area contributed by atoms with E-state index in [-0.39, 0.29) is 6.61 Å². The van der Waals surface area contributed by atoms with Crippen LogP contribution in [0, 0.1) is 0 Å². The highest BCUT2D eigenvalue weighted by molar-refractivity contribution is 9.10. The van der Waals surface area contributed by atoms with Gasteiger partial charge in [0.15, 0.2) is 5.76 Å². The van der Waals surface area contributed by atoms with Crippen LogP contribution in [0.3, 0.4) is 0 Å². The fourth-order valence-electron chi connectivity index (χ4n) is 0.362. The molecule has 4 heteroatoms. The van der Waals surface area contributed by atoms with E-state index >= 15 is 0 Å². The molecule has 0 saturated carbocycles. The Hall–Kier alpha value is -0.350. The van der Waals surface area contributed by atoms with Crippen LogP contribution in [0.4, 0.5) is 0 Å². The molecular formula is C4H4BrNO2. The van der Waals surface area contributed by atoms with E-state index in [0.717, 1.165) is 0 Å². The number of halogens is 1. The summed E-state index contributed by atoms with van der Waals surface area (Å²) < 4.78 is 5.18. The first-order valence-corrected chi connectivity index (χ1v) is 2.84. The van der Waals surface area contributed by atoms with Crippen molar-refractivity contribution in [2.75, 3.05) is 0 Å². The van der Waals surface area contributed by atoms with Crippen molar-refractivity contribution < 1.29 is 9.63 Å². The zero-order chi connectivity index (χ0) is 5.98. The lowest BCUT2D eigenvalue weighted by Gasteiger charge is -1.76. The number of hydrogen-bond donors (Lipinski definition) is 1. The molecule has 1 rings (SSSR count). The Morgan fingerprint density at radius 1 is 1.88 bits per heavy atom. The fraction of sp³-hybridized carbons (Fsp3) is 0.250. The zero-order valence-electron chi connectivity index (χ0n) is 3.97. The minimum atomic E-state index is -0.0986. The Bertz CT molecular complexity index is 174. The van der Waals surface area contributed by atoms with E-state index in [4.69, 9.17) is 5.11 Å². The van der Waals surface area contributed by atoms with Crippen LogP contribution in [0.15, 0.2) is 15.2 Å². The molecule has 0 bridgehead atoms. The molecule has 0 radical (unpaired) electrons. The molecule has 1 heterocycles. The van der Waals surface area contributed by atoms with Crippen molar-refractivity contribution in [3.05, 3.63) is 16.4 Å². The van der Waals surface area contributed by atoms with E-state index in [1.807, 2.05) is 0 Å². The second kappa shape index (κ2) is 2.28. The highest BCUT2D eigenvalue weighted by Crippen LogP contribution is 2.08. The molecular weight excluding hydrogens is 174 g/mol. The van der Waals surface area contributed by atoms with Crippen molar-refractivity contribution in [2.24, 2.45) is 0 Å². The first-order chi connectivity index (χ1) is 3.83. The summed E-state index contributed by atoms with van der Waals surface area (Å²) in [5.41, 5.74) is 0. The molecule has 0 fully saturated rings. The van der Waals surface area contributed by atoms with E-state index < -0.39 is 0 Å². The number of aliphatic hydroxyl groups excluding tert-OH is 1. The maximum atomic E-state index is 8.40. The molecule has 0 amide bonds. The zero-order valence-corrected chi connectivity index (χ0v) is 5.55. The number of aliphatic hydroxyl groups is 1. The van der Waals surface area contributed by atoms with Crippen LogP contribution in [0.25, 0.3) is 0 Å². The SMILES string of the molecule is OCc1cc(Br)no1. The van der Waals surface area contributed by atoms with Crippen molar-refractivity contribution in [1.82, 2.24) is 5.16 Å². The van der Waals surface area contributed by atoms with Crippen LogP contribution in [-0.4, -0.2) is 10.3 Å². The summed E-state index contributed by atoms with van der Waals surface area (Å²) in [4.78, 5) is 0. The summed E-state index contributed by atoms with van der Waals surface area (Å²) in [5.74, 6) is 0.469. The Morgan fingerprint density at radius 3 is 2.88 bits per heavy atom. The van der Waals surface area contributed by atoms with Gasteiger partial charge in [0, 0.05) is 6.07 Å². The monoisotopic (exact) mass is 177 g/mol. The van der Waals surface area contributed by atoms with Crippen molar-refractivity contribution in [1.29, 1.82) is 0 Å². The lowest BCUT2D eigenvalue weighted by atomic mass is 10.5. The minimum Gasteiger partial charge on any atom is -0.388 e. The second-order valence-electron chi connectivity index (χ2n) is 1.27. The first kappa shape index (κ1) is 5.78.